The van der Waals surface area contributed by atoms with Crippen LogP contribution in [0.15, 0.2) is 71.3 Å². The van der Waals surface area contributed by atoms with Crippen molar-refractivity contribution >= 4 is 11.0 Å². The summed E-state index contributed by atoms with van der Waals surface area (Å²) in [7, 11) is 0. The van der Waals surface area contributed by atoms with Gasteiger partial charge in [-0.25, -0.2) is 9.55 Å². The molecule has 0 unspecified atom stereocenters. The normalized spacial score (nSPS) is 11.0. The smallest absolute Gasteiger partial charge is 0.324 e. The minimum Gasteiger partial charge on any atom is -0.489 e. The van der Waals surface area contributed by atoms with Gasteiger partial charge in [0.05, 0.1) is 6.26 Å². The summed E-state index contributed by atoms with van der Waals surface area (Å²) in [6, 6.07) is 20.2. The first-order chi connectivity index (χ1) is 11.8. The van der Waals surface area contributed by atoms with Crippen molar-refractivity contribution in [3.05, 3.63) is 72.5 Å². The van der Waals surface area contributed by atoms with Gasteiger partial charge in [0.2, 0.25) is 5.76 Å². The van der Waals surface area contributed by atoms with Crippen molar-refractivity contribution in [3.63, 3.8) is 0 Å². The number of aryl methyl sites for hydroxylation is 1. The van der Waals surface area contributed by atoms with E-state index >= 15 is 0 Å². The number of hydrogen-bond acceptors (Lipinski definition) is 2. The zero-order valence-corrected chi connectivity index (χ0v) is 13.5. The highest BCUT2D eigenvalue weighted by atomic mass is 16.5. The number of benzene rings is 2. The fourth-order valence-electron chi connectivity index (χ4n) is 2.94. The average molecular weight is 319 g/mol. The quantitative estimate of drug-likeness (QED) is 0.563. The van der Waals surface area contributed by atoms with Crippen molar-refractivity contribution in [1.29, 1.82) is 0 Å². The zero-order valence-electron chi connectivity index (χ0n) is 13.5. The maximum atomic E-state index is 5.97. The number of rotatable bonds is 5. The van der Waals surface area contributed by atoms with Gasteiger partial charge in [-0.2, -0.15) is 0 Å². The van der Waals surface area contributed by atoms with Crippen LogP contribution in [0.5, 0.6) is 5.75 Å². The Bertz CT molecular complexity index is 955. The van der Waals surface area contributed by atoms with Crippen molar-refractivity contribution in [1.82, 2.24) is 4.98 Å². The standard InChI is InChI=1S/C20H18N2O2/c1-15-7-2-5-10-18(15)24-14-12-22-17-9-4-3-8-16(17)21-20(22)19-11-6-13-23-19/h2-11,13H,12,14H2,1H3/p+1. The van der Waals surface area contributed by atoms with Crippen LogP contribution in [0, 0.1) is 6.92 Å². The van der Waals surface area contributed by atoms with Gasteiger partial charge in [0, 0.05) is 0 Å². The van der Waals surface area contributed by atoms with Crippen LogP contribution in [0.3, 0.4) is 0 Å². The van der Waals surface area contributed by atoms with Crippen molar-refractivity contribution in [2.75, 3.05) is 6.61 Å². The molecule has 2 heterocycles. The largest absolute Gasteiger partial charge is 0.489 e. The summed E-state index contributed by atoms with van der Waals surface area (Å²) in [4.78, 5) is 3.44. The minimum absolute atomic E-state index is 0.588. The number of fused-ring (bicyclic) bond motifs is 1. The molecule has 0 saturated carbocycles. The Balaban J connectivity index is 1.63. The first-order valence-electron chi connectivity index (χ1n) is 8.06. The number of nitrogens with one attached hydrogen (secondary N) is 1. The minimum atomic E-state index is 0.588. The third kappa shape index (κ3) is 2.67. The topological polar surface area (TPSA) is 42.0 Å². The van der Waals surface area contributed by atoms with Crippen LogP contribution in [0.4, 0.5) is 0 Å². The van der Waals surface area contributed by atoms with Gasteiger partial charge >= 0.3 is 5.82 Å². The number of hydrogen-bond donors (Lipinski definition) is 1. The molecule has 2 aromatic heterocycles. The predicted octanol–water partition coefficient (Wildman–Crippen LogP) is 4.10. The van der Waals surface area contributed by atoms with Gasteiger partial charge in [0.25, 0.3) is 0 Å². The number of nitrogens with zero attached hydrogens (tertiary/aromatic N) is 1. The number of imidazole rings is 1. The second kappa shape index (κ2) is 6.24. The van der Waals surface area contributed by atoms with Crippen LogP contribution in [0.25, 0.3) is 22.6 Å². The Kier molecular flexibility index (Phi) is 3.79. The Morgan fingerprint density at radius 2 is 1.83 bits per heavy atom. The molecule has 24 heavy (non-hydrogen) atoms. The molecule has 120 valence electrons. The van der Waals surface area contributed by atoms with E-state index in [1.54, 1.807) is 6.26 Å². The van der Waals surface area contributed by atoms with Gasteiger partial charge in [0.15, 0.2) is 11.0 Å². The van der Waals surface area contributed by atoms with Crippen molar-refractivity contribution in [3.8, 4) is 17.3 Å². The van der Waals surface area contributed by atoms with Crippen molar-refractivity contribution < 1.29 is 13.7 Å². The van der Waals surface area contributed by atoms with Crippen LogP contribution in [0.1, 0.15) is 5.56 Å². The lowest BCUT2D eigenvalue weighted by Crippen LogP contribution is -2.37. The van der Waals surface area contributed by atoms with Gasteiger partial charge in [-0.15, -0.1) is 0 Å². The highest BCUT2D eigenvalue weighted by Gasteiger charge is 2.21. The van der Waals surface area contributed by atoms with E-state index < -0.39 is 0 Å². The number of aromatic nitrogens is 2. The molecule has 0 radical (unpaired) electrons. The number of H-pyrrole nitrogens is 1. The molecule has 0 spiro atoms. The third-order valence-corrected chi connectivity index (χ3v) is 4.14. The summed E-state index contributed by atoms with van der Waals surface area (Å²) in [5.74, 6) is 2.70. The van der Waals surface area contributed by atoms with Gasteiger partial charge < -0.3 is 9.15 Å². The fraction of sp³-hybridized carbons (Fsp3) is 0.150. The fourth-order valence-corrected chi connectivity index (χ4v) is 2.94. The molecule has 0 aliphatic carbocycles. The molecular formula is C20H19N2O2+. The van der Waals surface area contributed by atoms with E-state index in [9.17, 15) is 0 Å². The first kappa shape index (κ1) is 14.6. The molecule has 0 saturated heterocycles. The summed E-state index contributed by atoms with van der Waals surface area (Å²) >= 11 is 0. The molecule has 0 amide bonds. The van der Waals surface area contributed by atoms with E-state index in [0.29, 0.717) is 6.61 Å². The lowest BCUT2D eigenvalue weighted by Gasteiger charge is -2.08. The SMILES string of the molecule is Cc1ccccc1OCC[n+]1c(-c2ccco2)[nH]c2ccccc21. The second-order valence-electron chi connectivity index (χ2n) is 5.73. The van der Waals surface area contributed by atoms with E-state index in [2.05, 4.69) is 34.7 Å². The zero-order chi connectivity index (χ0) is 16.4. The van der Waals surface area contributed by atoms with E-state index in [0.717, 1.165) is 40.5 Å². The van der Waals surface area contributed by atoms with Crippen LogP contribution in [-0.2, 0) is 6.54 Å². The van der Waals surface area contributed by atoms with Gasteiger partial charge in [-0.3, -0.25) is 0 Å². The van der Waals surface area contributed by atoms with Crippen molar-refractivity contribution in [2.45, 2.75) is 13.5 Å². The molecule has 0 bridgehead atoms. The molecule has 4 aromatic rings. The highest BCUT2D eigenvalue weighted by Crippen LogP contribution is 2.20. The molecule has 0 aliphatic heterocycles. The van der Waals surface area contributed by atoms with E-state index in [-0.39, 0.29) is 0 Å². The summed E-state index contributed by atoms with van der Waals surface area (Å²) in [6.45, 7) is 3.38. The van der Waals surface area contributed by atoms with E-state index in [1.807, 2.05) is 42.5 Å². The van der Waals surface area contributed by atoms with Gasteiger partial charge in [0.1, 0.15) is 18.9 Å². The van der Waals surface area contributed by atoms with Crippen molar-refractivity contribution in [2.24, 2.45) is 0 Å². The summed E-state index contributed by atoms with van der Waals surface area (Å²) in [5, 5.41) is 0. The van der Waals surface area contributed by atoms with Crippen LogP contribution < -0.4 is 9.30 Å². The third-order valence-electron chi connectivity index (χ3n) is 4.14. The predicted molar refractivity (Wildman–Crippen MR) is 92.9 cm³/mol. The average Bonchev–Trinajstić information content (AvgIpc) is 3.24. The molecule has 1 N–H and O–H groups in total. The Labute approximate surface area is 140 Å². The summed E-state index contributed by atoms with van der Waals surface area (Å²) in [5.41, 5.74) is 3.37. The van der Waals surface area contributed by atoms with Gasteiger partial charge in [-0.05, 0) is 42.8 Å². The van der Waals surface area contributed by atoms with E-state index in [4.69, 9.17) is 9.15 Å². The summed E-state index contributed by atoms with van der Waals surface area (Å²) in [6.07, 6.45) is 1.69. The Morgan fingerprint density at radius 1 is 1.00 bits per heavy atom. The van der Waals surface area contributed by atoms with E-state index in [1.165, 1.54) is 0 Å². The molecule has 0 fully saturated rings. The number of furan rings is 1. The summed E-state index contributed by atoms with van der Waals surface area (Å²) < 4.78 is 13.7. The molecule has 2 aromatic carbocycles. The molecule has 4 rings (SSSR count). The van der Waals surface area contributed by atoms with Crippen LogP contribution in [-0.4, -0.2) is 11.6 Å². The molecular weight excluding hydrogens is 300 g/mol. The molecule has 4 nitrogen and oxygen atoms in total. The molecule has 0 atom stereocenters. The maximum Gasteiger partial charge on any atom is 0.324 e. The Morgan fingerprint density at radius 3 is 2.67 bits per heavy atom. The molecule has 0 aliphatic rings. The lowest BCUT2D eigenvalue weighted by atomic mass is 10.2. The number of para-hydroxylation sites is 3. The lowest BCUT2D eigenvalue weighted by molar-refractivity contribution is -0.661. The van der Waals surface area contributed by atoms with Gasteiger partial charge in [-0.1, -0.05) is 30.3 Å². The number of aromatic amines is 1. The number of ether oxygens (including phenoxy) is 1. The second-order valence-corrected chi connectivity index (χ2v) is 5.73. The maximum absolute atomic E-state index is 5.97. The first-order valence-corrected chi connectivity index (χ1v) is 8.06. The molecule has 4 heteroatoms. The Hall–Kier alpha value is -3.01. The van der Waals surface area contributed by atoms with Crippen LogP contribution >= 0.6 is 0 Å². The highest BCUT2D eigenvalue weighted by molar-refractivity contribution is 5.73. The van der Waals surface area contributed by atoms with Crippen LogP contribution in [0.2, 0.25) is 0 Å². The monoisotopic (exact) mass is 319 g/mol.